The van der Waals surface area contributed by atoms with E-state index < -0.39 is 40.8 Å². The number of carboxylic acid groups (broad SMARTS) is 1. The zero-order valence-electron chi connectivity index (χ0n) is 13.1. The van der Waals surface area contributed by atoms with Crippen molar-refractivity contribution in [2.24, 2.45) is 11.7 Å². The molecule has 23 heavy (non-hydrogen) atoms. The average Bonchev–Trinajstić information content (AvgIpc) is 2.68. The molecule has 2 aliphatic rings. The van der Waals surface area contributed by atoms with Crippen molar-refractivity contribution in [2.45, 2.75) is 44.2 Å². The van der Waals surface area contributed by atoms with E-state index in [1.54, 1.807) is 13.8 Å². The Hall–Kier alpha value is -1.58. The lowest BCUT2D eigenvalue weighted by molar-refractivity contribution is -0.156. The van der Waals surface area contributed by atoms with Gasteiger partial charge in [0.05, 0.1) is 23.3 Å². The number of aliphatic hydroxyl groups is 1. The van der Waals surface area contributed by atoms with Gasteiger partial charge in [-0.25, -0.2) is 4.79 Å². The van der Waals surface area contributed by atoms with E-state index in [9.17, 15) is 24.6 Å². The number of hydrogen-bond donors (Lipinski definition) is 3. The van der Waals surface area contributed by atoms with Crippen molar-refractivity contribution >= 4 is 29.6 Å². The fourth-order valence-corrected chi connectivity index (χ4v) is 4.05. The molecule has 0 aromatic carbocycles. The van der Waals surface area contributed by atoms with Crippen LogP contribution in [0.4, 0.5) is 0 Å². The Bertz CT molecular complexity index is 580. The molecule has 0 unspecified atom stereocenters. The molecule has 1 fully saturated rings. The lowest BCUT2D eigenvalue weighted by Crippen LogP contribution is -2.60. The third kappa shape index (κ3) is 3.51. The summed E-state index contributed by atoms with van der Waals surface area (Å²) in [6.45, 7) is 4.62. The second-order valence-corrected chi connectivity index (χ2v) is 7.60. The Labute approximate surface area is 137 Å². The van der Waals surface area contributed by atoms with Crippen molar-refractivity contribution in [3.05, 3.63) is 10.6 Å². The first-order chi connectivity index (χ1) is 10.5. The minimum atomic E-state index is -1.26. The van der Waals surface area contributed by atoms with Crippen LogP contribution in [0.2, 0.25) is 0 Å². The number of thioether (sulfide) groups is 1. The van der Waals surface area contributed by atoms with Crippen LogP contribution in [-0.2, 0) is 19.1 Å². The minimum Gasteiger partial charge on any atom is -0.477 e. The van der Waals surface area contributed by atoms with Gasteiger partial charge < -0.3 is 20.7 Å². The number of carbonyl (C=O) groups is 3. The number of hydrogen-bond acceptors (Lipinski definition) is 7. The van der Waals surface area contributed by atoms with Crippen LogP contribution in [0.15, 0.2) is 10.6 Å². The molecule has 128 valence electrons. The number of carbonyl (C=O) groups excluding carboxylic acids is 2. The molecular formula is C14H20N2O6S. The van der Waals surface area contributed by atoms with Gasteiger partial charge in [-0.15, -0.1) is 0 Å². The van der Waals surface area contributed by atoms with Gasteiger partial charge in [0.25, 0.3) is 0 Å². The van der Waals surface area contributed by atoms with E-state index in [1.807, 2.05) is 0 Å². The van der Waals surface area contributed by atoms with Crippen molar-refractivity contribution in [1.82, 2.24) is 4.90 Å². The van der Waals surface area contributed by atoms with E-state index in [2.05, 4.69) is 0 Å². The Kier molecular flexibility index (Phi) is 4.74. The number of esters is 1. The largest absolute Gasteiger partial charge is 0.477 e. The summed E-state index contributed by atoms with van der Waals surface area (Å²) in [5.74, 6) is -2.88. The number of nitrogens with zero attached hydrogens (tertiary/aromatic N) is 1. The van der Waals surface area contributed by atoms with Crippen LogP contribution in [0.25, 0.3) is 0 Å². The molecule has 2 aliphatic heterocycles. The van der Waals surface area contributed by atoms with E-state index in [4.69, 9.17) is 10.5 Å². The molecular weight excluding hydrogens is 324 g/mol. The number of nitrogens with two attached hydrogens (primary N) is 1. The number of carboxylic acids is 1. The molecule has 0 aromatic heterocycles. The molecule has 2 rings (SSSR count). The molecule has 0 radical (unpaired) electrons. The lowest BCUT2D eigenvalue weighted by Gasteiger charge is -2.43. The summed E-state index contributed by atoms with van der Waals surface area (Å²) in [4.78, 5) is 36.5. The number of rotatable bonds is 6. The fourth-order valence-electron chi connectivity index (χ4n) is 2.52. The Morgan fingerprint density at radius 1 is 1.48 bits per heavy atom. The first-order valence-corrected chi connectivity index (χ1v) is 7.99. The molecule has 8 nitrogen and oxygen atoms in total. The van der Waals surface area contributed by atoms with Gasteiger partial charge in [0.15, 0.2) is 0 Å². The van der Waals surface area contributed by atoms with Crippen LogP contribution in [0.5, 0.6) is 0 Å². The Balaban J connectivity index is 2.08. The second kappa shape index (κ2) is 6.14. The number of aliphatic hydroxyl groups excluding tert-OH is 1. The highest BCUT2D eigenvalue weighted by Crippen LogP contribution is 2.50. The molecule has 0 aliphatic carbocycles. The summed E-state index contributed by atoms with van der Waals surface area (Å²) >= 11 is 1.13. The lowest BCUT2D eigenvalue weighted by atomic mass is 9.92. The van der Waals surface area contributed by atoms with Crippen molar-refractivity contribution in [3.63, 3.8) is 0 Å². The molecule has 3 atom stereocenters. The minimum absolute atomic E-state index is 0.00424. The summed E-state index contributed by atoms with van der Waals surface area (Å²) in [5.41, 5.74) is 4.83. The van der Waals surface area contributed by atoms with Crippen LogP contribution < -0.4 is 5.73 Å². The maximum Gasteiger partial charge on any atom is 0.353 e. The standard InChI is InChI=1S/C14H20N2O6S/c1-6(17)9-11(19)16-10(13(20)21)7(23-12(9)16)5-22-8(18)4-14(2,3)15/h6,9,12,17H,4-5,15H2,1-3H3,(H,20,21)/t6-,9+,12-/m1/s1. The highest BCUT2D eigenvalue weighted by molar-refractivity contribution is 8.04. The van der Waals surface area contributed by atoms with Gasteiger partial charge in [0.1, 0.15) is 17.7 Å². The molecule has 4 N–H and O–H groups in total. The molecule has 1 saturated heterocycles. The first-order valence-electron chi connectivity index (χ1n) is 7.11. The molecule has 0 spiro atoms. The number of β-lactam (4-membered cyclic amide) rings is 1. The van der Waals surface area contributed by atoms with E-state index in [0.717, 1.165) is 16.7 Å². The zero-order valence-corrected chi connectivity index (χ0v) is 13.9. The molecule has 0 saturated carbocycles. The van der Waals surface area contributed by atoms with Gasteiger partial charge in [-0.1, -0.05) is 11.8 Å². The smallest absolute Gasteiger partial charge is 0.353 e. The van der Waals surface area contributed by atoms with E-state index >= 15 is 0 Å². The second-order valence-electron chi connectivity index (χ2n) is 6.39. The summed E-state index contributed by atoms with van der Waals surface area (Å²) < 4.78 is 5.08. The van der Waals surface area contributed by atoms with E-state index in [1.165, 1.54) is 6.92 Å². The zero-order chi connectivity index (χ0) is 17.5. The third-order valence-corrected chi connectivity index (χ3v) is 4.88. The first kappa shape index (κ1) is 17.8. The van der Waals surface area contributed by atoms with Crippen molar-refractivity contribution < 1.29 is 29.3 Å². The summed E-state index contributed by atoms with van der Waals surface area (Å²) in [6, 6.07) is 0. The van der Waals surface area contributed by atoms with Gasteiger partial charge in [0, 0.05) is 5.54 Å². The van der Waals surface area contributed by atoms with Crippen molar-refractivity contribution in [3.8, 4) is 0 Å². The van der Waals surface area contributed by atoms with Crippen LogP contribution in [-0.4, -0.2) is 56.6 Å². The Morgan fingerprint density at radius 2 is 2.09 bits per heavy atom. The molecule has 0 bridgehead atoms. The number of ether oxygens (including phenoxy) is 1. The van der Waals surface area contributed by atoms with Crippen LogP contribution in [0, 0.1) is 5.92 Å². The van der Waals surface area contributed by atoms with Gasteiger partial charge in [-0.2, -0.15) is 0 Å². The van der Waals surface area contributed by atoms with Gasteiger partial charge >= 0.3 is 11.9 Å². The summed E-state index contributed by atoms with van der Waals surface area (Å²) in [6.07, 6.45) is -0.873. The molecule has 9 heteroatoms. The topological polar surface area (TPSA) is 130 Å². The SMILES string of the molecule is C[C@@H](O)[C@H]1C(=O)N2C(C(=O)O)=C(COC(=O)CC(C)(C)N)S[C@H]12. The third-order valence-electron chi connectivity index (χ3n) is 3.54. The van der Waals surface area contributed by atoms with Crippen LogP contribution >= 0.6 is 11.8 Å². The highest BCUT2D eigenvalue weighted by atomic mass is 32.2. The molecule has 1 amide bonds. The monoisotopic (exact) mass is 344 g/mol. The number of amides is 1. The summed E-state index contributed by atoms with van der Waals surface area (Å²) in [7, 11) is 0. The highest BCUT2D eigenvalue weighted by Gasteiger charge is 2.57. The number of fused-ring (bicyclic) bond motifs is 1. The molecule has 2 heterocycles. The van der Waals surface area contributed by atoms with Gasteiger partial charge in [-0.05, 0) is 20.8 Å². The Morgan fingerprint density at radius 3 is 2.57 bits per heavy atom. The van der Waals surface area contributed by atoms with Crippen LogP contribution in [0.3, 0.4) is 0 Å². The van der Waals surface area contributed by atoms with E-state index in [0.29, 0.717) is 4.91 Å². The molecule has 0 aromatic rings. The predicted molar refractivity (Wildman–Crippen MR) is 81.9 cm³/mol. The maximum atomic E-state index is 12.0. The van der Waals surface area contributed by atoms with Gasteiger partial charge in [0.2, 0.25) is 5.91 Å². The van der Waals surface area contributed by atoms with Crippen molar-refractivity contribution in [1.29, 1.82) is 0 Å². The van der Waals surface area contributed by atoms with Crippen molar-refractivity contribution in [2.75, 3.05) is 6.61 Å². The normalized spacial score (nSPS) is 25.1. The number of aliphatic carboxylic acids is 1. The van der Waals surface area contributed by atoms with E-state index in [-0.39, 0.29) is 18.7 Å². The predicted octanol–water partition coefficient (Wildman–Crippen LogP) is -0.135. The summed E-state index contributed by atoms with van der Waals surface area (Å²) in [5, 5.41) is 18.5. The van der Waals surface area contributed by atoms with Gasteiger partial charge in [-0.3, -0.25) is 14.5 Å². The quantitative estimate of drug-likeness (QED) is 0.448. The van der Waals surface area contributed by atoms with Crippen LogP contribution in [0.1, 0.15) is 27.2 Å². The maximum absolute atomic E-state index is 12.0. The fraction of sp³-hybridized carbons (Fsp3) is 0.643. The average molecular weight is 344 g/mol.